The minimum Gasteiger partial charge on any atom is -0.790 e. The summed E-state index contributed by atoms with van der Waals surface area (Å²) in [6.07, 6.45) is 0. The third kappa shape index (κ3) is 3.39. The van der Waals surface area contributed by atoms with Crippen LogP contribution in [0.3, 0.4) is 0 Å². The van der Waals surface area contributed by atoms with Gasteiger partial charge >= 0.3 is 18.9 Å². The molecule has 104 valence electrons. The molecule has 0 aliphatic rings. The van der Waals surface area contributed by atoms with Crippen LogP contribution < -0.4 is 29.1 Å². The van der Waals surface area contributed by atoms with Gasteiger partial charge in [-0.15, -0.1) is 0 Å². The van der Waals surface area contributed by atoms with E-state index in [-0.39, 0.29) is 24.2 Å². The van der Waals surface area contributed by atoms with Crippen LogP contribution in [0, 0.1) is 20.8 Å². The van der Waals surface area contributed by atoms with E-state index in [2.05, 4.69) is 0 Å². The van der Waals surface area contributed by atoms with Crippen LogP contribution >= 0.6 is 7.37 Å². The maximum atomic E-state index is 12.5. The maximum absolute atomic E-state index is 12.5. The molecule has 0 saturated heterocycles. The van der Waals surface area contributed by atoms with Crippen molar-refractivity contribution in [3.05, 3.63) is 64.7 Å². The molecule has 0 aliphatic carbocycles. The van der Waals surface area contributed by atoms with Gasteiger partial charge in [0.2, 0.25) is 5.52 Å². The van der Waals surface area contributed by atoms with Crippen LogP contribution in [0.15, 0.2) is 42.5 Å². The van der Waals surface area contributed by atoms with Crippen molar-refractivity contribution in [2.24, 2.45) is 0 Å². The molecule has 21 heavy (non-hydrogen) atoms. The van der Waals surface area contributed by atoms with Crippen molar-refractivity contribution in [1.82, 2.24) is 0 Å². The molecule has 1 unspecified atom stereocenters. The molecule has 0 spiro atoms. The second-order valence-corrected chi connectivity index (χ2v) is 6.92. The summed E-state index contributed by atoms with van der Waals surface area (Å²) in [5.41, 5.74) is 1.81. The van der Waals surface area contributed by atoms with Gasteiger partial charge < -0.3 is 9.46 Å². The van der Waals surface area contributed by atoms with Crippen LogP contribution in [0.2, 0.25) is 0 Å². The molecule has 5 heteroatoms. The number of hydrogen-bond acceptors (Lipinski definition) is 3. The van der Waals surface area contributed by atoms with Crippen LogP contribution in [-0.4, -0.2) is 5.52 Å². The topological polar surface area (TPSA) is 57.2 Å². The maximum Gasteiger partial charge on any atom is 1.00 e. The van der Waals surface area contributed by atoms with Crippen molar-refractivity contribution in [2.45, 2.75) is 20.8 Å². The van der Waals surface area contributed by atoms with E-state index in [1.165, 1.54) is 12.1 Å². The first-order valence-electron chi connectivity index (χ1n) is 6.34. The minimum atomic E-state index is -4.32. The minimum absolute atomic E-state index is 0. The SMILES string of the molecule is Cc1ccc(C)c(C(=O)P(=O)([O-])c2ccccc2)c1C.[Li+]. The molecule has 0 bridgehead atoms. The van der Waals surface area contributed by atoms with Gasteiger partial charge in [0, 0.05) is 10.9 Å². The average molecular weight is 294 g/mol. The monoisotopic (exact) mass is 294 g/mol. The molecule has 2 aromatic rings. The van der Waals surface area contributed by atoms with Crippen molar-refractivity contribution in [1.29, 1.82) is 0 Å². The van der Waals surface area contributed by atoms with E-state index < -0.39 is 12.9 Å². The summed E-state index contributed by atoms with van der Waals surface area (Å²) in [5, 5.41) is 0.0605. The fourth-order valence-electron chi connectivity index (χ4n) is 2.17. The summed E-state index contributed by atoms with van der Waals surface area (Å²) in [6.45, 7) is 5.40. The summed E-state index contributed by atoms with van der Waals surface area (Å²) < 4.78 is 12.4. The number of rotatable bonds is 3. The molecule has 1 atom stereocenters. The number of carbonyl (C=O) groups excluding carboxylic acids is 1. The quantitative estimate of drug-likeness (QED) is 0.578. The van der Waals surface area contributed by atoms with Gasteiger partial charge in [0.25, 0.3) is 0 Å². The normalized spacial score (nSPS) is 13.1. The Labute approximate surface area is 137 Å². The smallest absolute Gasteiger partial charge is 0.790 e. The number of hydrogen-bond donors (Lipinski definition) is 0. The van der Waals surface area contributed by atoms with E-state index >= 15 is 0 Å². The molecule has 3 nitrogen and oxygen atoms in total. The standard InChI is InChI=1S/C16H17O3P.Li/c1-11-9-10-12(2)15(13(11)3)16(17)20(18,19)14-7-5-4-6-8-14;/h4-10H,1-3H3,(H,18,19);/q;+1/p-1. The average Bonchev–Trinajstić information content (AvgIpc) is 2.44. The zero-order valence-corrected chi connectivity index (χ0v) is 13.6. The molecular weight excluding hydrogens is 278 g/mol. The second kappa shape index (κ2) is 6.77. The predicted octanol–water partition coefficient (Wildman–Crippen LogP) is -0.280. The summed E-state index contributed by atoms with van der Waals surface area (Å²) in [5.74, 6) is 0. The zero-order chi connectivity index (χ0) is 14.9. The van der Waals surface area contributed by atoms with Crippen molar-refractivity contribution in [3.63, 3.8) is 0 Å². The van der Waals surface area contributed by atoms with Crippen LogP contribution in [0.25, 0.3) is 0 Å². The third-order valence-electron chi connectivity index (χ3n) is 3.52. The molecule has 0 radical (unpaired) electrons. The number of benzene rings is 2. The fraction of sp³-hybridized carbons (Fsp3) is 0.188. The Hall–Kier alpha value is -1.10. The van der Waals surface area contributed by atoms with Gasteiger partial charge in [-0.1, -0.05) is 42.5 Å². The summed E-state index contributed by atoms with van der Waals surface area (Å²) >= 11 is 0. The first-order valence-corrected chi connectivity index (χ1v) is 7.96. The second-order valence-electron chi connectivity index (χ2n) is 4.89. The van der Waals surface area contributed by atoms with Crippen molar-refractivity contribution < 1.29 is 33.1 Å². The molecule has 0 amide bonds. The summed E-state index contributed by atoms with van der Waals surface area (Å²) in [6, 6.07) is 11.5. The Bertz CT molecular complexity index is 711. The van der Waals surface area contributed by atoms with E-state index in [0.29, 0.717) is 11.1 Å². The van der Waals surface area contributed by atoms with Crippen LogP contribution in [-0.2, 0) is 4.57 Å². The van der Waals surface area contributed by atoms with Gasteiger partial charge in [-0.3, -0.25) is 4.79 Å². The summed E-state index contributed by atoms with van der Waals surface area (Å²) in [7, 11) is -4.32. The van der Waals surface area contributed by atoms with E-state index in [0.717, 1.165) is 11.1 Å². The molecule has 0 N–H and O–H groups in total. The van der Waals surface area contributed by atoms with Gasteiger partial charge in [-0.05, 0) is 37.5 Å². The van der Waals surface area contributed by atoms with Gasteiger partial charge in [0.1, 0.15) is 7.37 Å². The zero-order valence-electron chi connectivity index (χ0n) is 12.7. The van der Waals surface area contributed by atoms with Gasteiger partial charge in [0.15, 0.2) is 0 Å². The molecule has 0 heterocycles. The van der Waals surface area contributed by atoms with Crippen LogP contribution in [0.4, 0.5) is 0 Å². The fourth-order valence-corrected chi connectivity index (χ4v) is 3.61. The first-order chi connectivity index (χ1) is 9.35. The predicted molar refractivity (Wildman–Crippen MR) is 78.7 cm³/mol. The van der Waals surface area contributed by atoms with E-state index in [4.69, 9.17) is 0 Å². The Morgan fingerprint density at radius 2 is 1.48 bits per heavy atom. The Balaban J connectivity index is 0.00000220. The molecule has 2 rings (SSSR count). The van der Waals surface area contributed by atoms with E-state index in [1.807, 2.05) is 13.0 Å². The van der Waals surface area contributed by atoms with Gasteiger partial charge in [0.05, 0.1) is 0 Å². The van der Waals surface area contributed by atoms with Crippen LogP contribution in [0.1, 0.15) is 27.0 Å². The van der Waals surface area contributed by atoms with Gasteiger partial charge in [-0.25, -0.2) is 0 Å². The molecule has 0 aromatic heterocycles. The third-order valence-corrected chi connectivity index (χ3v) is 5.26. The van der Waals surface area contributed by atoms with E-state index in [1.54, 1.807) is 38.1 Å². The summed E-state index contributed by atoms with van der Waals surface area (Å²) in [4.78, 5) is 24.9. The number of carbonyl (C=O) groups is 1. The van der Waals surface area contributed by atoms with Crippen molar-refractivity contribution >= 4 is 18.2 Å². The van der Waals surface area contributed by atoms with Crippen molar-refractivity contribution in [3.8, 4) is 0 Å². The van der Waals surface area contributed by atoms with Gasteiger partial charge in [-0.2, -0.15) is 0 Å². The molecule has 2 aromatic carbocycles. The largest absolute Gasteiger partial charge is 1.00 e. The molecular formula is C16H16LiO3P. The number of aryl methyl sites for hydroxylation is 2. The Kier molecular flexibility index (Phi) is 5.79. The molecule has 0 aliphatic heterocycles. The first kappa shape index (κ1) is 17.9. The van der Waals surface area contributed by atoms with E-state index in [9.17, 15) is 14.3 Å². The Morgan fingerprint density at radius 3 is 2.05 bits per heavy atom. The Morgan fingerprint density at radius 1 is 0.952 bits per heavy atom. The van der Waals surface area contributed by atoms with Crippen molar-refractivity contribution in [2.75, 3.05) is 0 Å². The molecule has 0 fully saturated rings. The van der Waals surface area contributed by atoms with Crippen LogP contribution in [0.5, 0.6) is 0 Å². The molecule has 0 saturated carbocycles.